The molecule has 9 nitrogen and oxygen atoms in total. The summed E-state index contributed by atoms with van der Waals surface area (Å²) in [6, 6.07) is 4.49. The van der Waals surface area contributed by atoms with Crippen LogP contribution in [-0.2, 0) is 30.3 Å². The molecular formula is C28H43NO8. The van der Waals surface area contributed by atoms with Crippen LogP contribution in [0.25, 0.3) is 0 Å². The summed E-state index contributed by atoms with van der Waals surface area (Å²) in [5.74, 6) is -2.10. The van der Waals surface area contributed by atoms with Gasteiger partial charge in [-0.25, -0.2) is 0 Å². The van der Waals surface area contributed by atoms with E-state index < -0.39 is 35.5 Å². The molecule has 37 heavy (non-hydrogen) atoms. The molecule has 0 bridgehead atoms. The number of carboxylic acid groups (broad SMARTS) is 1. The Morgan fingerprint density at radius 2 is 1.38 bits per heavy atom. The summed E-state index contributed by atoms with van der Waals surface area (Å²) in [6.07, 6.45) is 0.271. The Bertz CT molecular complexity index is 940. The maximum Gasteiger partial charge on any atom is 0.324 e. The van der Waals surface area contributed by atoms with Crippen LogP contribution < -0.4 is 15.2 Å². The van der Waals surface area contributed by atoms with Crippen LogP contribution >= 0.6 is 0 Å². The van der Waals surface area contributed by atoms with Crippen molar-refractivity contribution in [2.24, 2.45) is 23.5 Å². The van der Waals surface area contributed by atoms with Crippen molar-refractivity contribution in [3.63, 3.8) is 0 Å². The Morgan fingerprint density at radius 3 is 1.86 bits per heavy atom. The molecule has 0 saturated heterocycles. The molecule has 1 rings (SSSR count). The zero-order valence-corrected chi connectivity index (χ0v) is 23.2. The molecule has 2 atom stereocenters. The van der Waals surface area contributed by atoms with Gasteiger partial charge in [0.2, 0.25) is 0 Å². The Balaban J connectivity index is 3.13. The van der Waals surface area contributed by atoms with Gasteiger partial charge in [-0.2, -0.15) is 0 Å². The molecule has 0 amide bonds. The molecule has 0 aliphatic rings. The van der Waals surface area contributed by atoms with Crippen molar-refractivity contribution in [2.75, 3.05) is 0 Å². The largest absolute Gasteiger partial charge is 0.480 e. The Kier molecular flexibility index (Phi) is 12.8. The predicted molar refractivity (Wildman–Crippen MR) is 139 cm³/mol. The number of aliphatic carboxylic acids is 1. The molecule has 3 N–H and O–H groups in total. The fourth-order valence-corrected chi connectivity index (χ4v) is 3.67. The fourth-order valence-electron chi connectivity index (χ4n) is 3.67. The molecule has 0 aliphatic carbocycles. The number of nitrogens with two attached hydrogens (primary N) is 1. The van der Waals surface area contributed by atoms with E-state index >= 15 is 0 Å². The zero-order chi connectivity index (χ0) is 28.3. The molecule has 0 spiro atoms. The van der Waals surface area contributed by atoms with E-state index in [1.54, 1.807) is 13.0 Å². The molecule has 0 heterocycles. The third-order valence-corrected chi connectivity index (χ3v) is 5.46. The first-order valence-electron chi connectivity index (χ1n) is 12.9. The minimum atomic E-state index is -1.76. The lowest BCUT2D eigenvalue weighted by atomic mass is 9.86. The molecule has 208 valence electrons. The first-order valence-corrected chi connectivity index (χ1v) is 12.9. The summed E-state index contributed by atoms with van der Waals surface area (Å²) in [5, 5.41) is 9.90. The van der Waals surface area contributed by atoms with E-state index in [9.17, 15) is 24.3 Å². The molecule has 0 saturated carbocycles. The molecule has 1 aromatic rings. The number of carboxylic acids is 1. The number of benzene rings is 1. The Labute approximate surface area is 220 Å². The second kappa shape index (κ2) is 14.7. The highest BCUT2D eigenvalue weighted by Crippen LogP contribution is 2.32. The lowest BCUT2D eigenvalue weighted by Crippen LogP contribution is -2.52. The molecule has 0 aromatic heterocycles. The highest BCUT2D eigenvalue weighted by Gasteiger charge is 2.37. The van der Waals surface area contributed by atoms with Gasteiger partial charge in [0.05, 0.1) is 0 Å². The summed E-state index contributed by atoms with van der Waals surface area (Å²) < 4.78 is 16.3. The van der Waals surface area contributed by atoms with Gasteiger partial charge in [-0.05, 0) is 48.8 Å². The van der Waals surface area contributed by atoms with Crippen molar-refractivity contribution >= 4 is 23.9 Å². The number of carbonyl (C=O) groups is 4. The van der Waals surface area contributed by atoms with Gasteiger partial charge in [0.25, 0.3) is 0 Å². The third-order valence-electron chi connectivity index (χ3n) is 5.46. The van der Waals surface area contributed by atoms with Crippen molar-refractivity contribution in [3.05, 3.63) is 23.8 Å². The first kappa shape index (κ1) is 32.1. The lowest BCUT2D eigenvalue weighted by Gasteiger charge is -2.28. The summed E-state index contributed by atoms with van der Waals surface area (Å²) in [6.45, 7) is 13.1. The van der Waals surface area contributed by atoms with Crippen molar-refractivity contribution < 1.29 is 38.5 Å². The van der Waals surface area contributed by atoms with E-state index in [1.165, 1.54) is 12.1 Å². The van der Waals surface area contributed by atoms with E-state index in [1.807, 2.05) is 41.5 Å². The van der Waals surface area contributed by atoms with Gasteiger partial charge in [0.1, 0.15) is 11.6 Å². The second-order valence-corrected chi connectivity index (χ2v) is 11.0. The number of rotatable bonds is 15. The van der Waals surface area contributed by atoms with E-state index in [0.29, 0.717) is 17.9 Å². The Morgan fingerprint density at radius 1 is 0.838 bits per heavy atom. The predicted octanol–water partition coefficient (Wildman–Crippen LogP) is 4.67. The molecule has 0 radical (unpaired) electrons. The second-order valence-electron chi connectivity index (χ2n) is 11.0. The van der Waals surface area contributed by atoms with E-state index in [2.05, 4.69) is 0 Å². The lowest BCUT2D eigenvalue weighted by molar-refractivity contribution is -0.153. The van der Waals surface area contributed by atoms with Crippen LogP contribution in [0.3, 0.4) is 0 Å². The van der Waals surface area contributed by atoms with Gasteiger partial charge in [-0.3, -0.25) is 19.2 Å². The third kappa shape index (κ3) is 12.2. The van der Waals surface area contributed by atoms with Crippen LogP contribution in [0.2, 0.25) is 0 Å². The maximum atomic E-state index is 12.4. The number of ether oxygens (including phenoxy) is 3. The van der Waals surface area contributed by atoms with E-state index in [-0.39, 0.29) is 55.4 Å². The smallest absolute Gasteiger partial charge is 0.324 e. The van der Waals surface area contributed by atoms with E-state index in [0.717, 1.165) is 0 Å². The van der Waals surface area contributed by atoms with Crippen molar-refractivity contribution in [1.29, 1.82) is 0 Å². The van der Waals surface area contributed by atoms with Gasteiger partial charge in [0, 0.05) is 32.1 Å². The average Bonchev–Trinajstić information content (AvgIpc) is 2.72. The summed E-state index contributed by atoms with van der Waals surface area (Å²) in [7, 11) is 0. The monoisotopic (exact) mass is 521 g/mol. The van der Waals surface area contributed by atoms with Crippen LogP contribution in [-0.4, -0.2) is 40.6 Å². The normalized spacial score (nSPS) is 13.8. The van der Waals surface area contributed by atoms with Crippen molar-refractivity contribution in [3.8, 4) is 11.5 Å². The average molecular weight is 522 g/mol. The van der Waals surface area contributed by atoms with Gasteiger partial charge in [0.15, 0.2) is 11.5 Å². The molecule has 0 aliphatic heterocycles. The number of hydrogen-bond donors (Lipinski definition) is 2. The first-order chi connectivity index (χ1) is 17.1. The van der Waals surface area contributed by atoms with Crippen molar-refractivity contribution in [1.82, 2.24) is 0 Å². The summed E-state index contributed by atoms with van der Waals surface area (Å²) in [5.41, 5.74) is 4.98. The van der Waals surface area contributed by atoms with Crippen LogP contribution in [0.1, 0.15) is 86.1 Å². The van der Waals surface area contributed by atoms with Crippen LogP contribution in [0.5, 0.6) is 11.5 Å². The summed E-state index contributed by atoms with van der Waals surface area (Å²) >= 11 is 0. The minimum absolute atomic E-state index is 0.0150. The number of esters is 3. The highest BCUT2D eigenvalue weighted by molar-refractivity contribution is 5.80. The minimum Gasteiger partial charge on any atom is -0.480 e. The van der Waals surface area contributed by atoms with Crippen LogP contribution in [0, 0.1) is 17.8 Å². The molecule has 0 fully saturated rings. The zero-order valence-electron chi connectivity index (χ0n) is 23.2. The quantitative estimate of drug-likeness (QED) is 0.248. The van der Waals surface area contributed by atoms with Crippen LogP contribution in [0.4, 0.5) is 0 Å². The van der Waals surface area contributed by atoms with Gasteiger partial charge < -0.3 is 25.1 Å². The van der Waals surface area contributed by atoms with Gasteiger partial charge >= 0.3 is 23.9 Å². The molecule has 1 unspecified atom stereocenters. The van der Waals surface area contributed by atoms with Gasteiger partial charge in [-0.15, -0.1) is 0 Å². The fraction of sp³-hybridized carbons (Fsp3) is 0.643. The Hall–Kier alpha value is -2.94. The molecule has 9 heteroatoms. The topological polar surface area (TPSA) is 142 Å². The van der Waals surface area contributed by atoms with Gasteiger partial charge in [-0.1, -0.05) is 47.6 Å². The maximum absolute atomic E-state index is 12.4. The van der Waals surface area contributed by atoms with Crippen LogP contribution in [0.15, 0.2) is 18.2 Å². The number of carbonyl (C=O) groups excluding carboxylic acids is 3. The number of hydrogen-bond acceptors (Lipinski definition) is 8. The standard InChI is InChI=1S/C28H43NO8/c1-17(2)8-11-24(30)35-20(7)15-28(29,27(33)34)16-21-9-10-22(36-25(31)12-18(3)4)23(14-21)37-26(32)13-19(5)6/h9-10,14,17-20H,8,11-13,15-16,29H2,1-7H3,(H,33,34)/t20-,28?/m0/s1. The van der Waals surface area contributed by atoms with E-state index in [4.69, 9.17) is 19.9 Å². The van der Waals surface area contributed by atoms with Crippen molar-refractivity contribution in [2.45, 2.75) is 98.6 Å². The highest BCUT2D eigenvalue weighted by atomic mass is 16.6. The molecular weight excluding hydrogens is 478 g/mol. The SMILES string of the molecule is CC(C)CCC(=O)O[C@@H](C)CC(N)(Cc1ccc(OC(=O)CC(C)C)c(OC(=O)CC(C)C)c1)C(=O)O. The molecule has 1 aromatic carbocycles. The summed E-state index contributed by atoms with van der Waals surface area (Å²) in [4.78, 5) is 48.8.